The first-order valence-corrected chi connectivity index (χ1v) is 8.76. The summed E-state index contributed by atoms with van der Waals surface area (Å²) in [6.45, 7) is 3.65. The molecule has 1 aromatic heterocycles. The zero-order chi connectivity index (χ0) is 20.3. The van der Waals surface area contributed by atoms with Gasteiger partial charge in [0.1, 0.15) is 11.4 Å². The van der Waals surface area contributed by atoms with Crippen molar-refractivity contribution in [1.29, 1.82) is 0 Å². The molecule has 1 N–H and O–H groups in total. The van der Waals surface area contributed by atoms with Gasteiger partial charge in [-0.05, 0) is 51.6 Å². The van der Waals surface area contributed by atoms with Crippen molar-refractivity contribution in [1.82, 2.24) is 20.1 Å². The lowest BCUT2D eigenvalue weighted by Crippen LogP contribution is -2.40. The summed E-state index contributed by atoms with van der Waals surface area (Å²) in [5.41, 5.74) is -0.0121. The summed E-state index contributed by atoms with van der Waals surface area (Å²) in [7, 11) is 2.04. The second kappa shape index (κ2) is 8.09. The number of nitrogens with zero attached hydrogens (tertiary/aromatic N) is 4. The quantitative estimate of drug-likeness (QED) is 0.780. The van der Waals surface area contributed by atoms with Crippen LogP contribution in [0.2, 0.25) is 0 Å². The van der Waals surface area contributed by atoms with E-state index in [-0.39, 0.29) is 29.5 Å². The molecule has 0 spiro atoms. The molecule has 28 heavy (non-hydrogen) atoms. The summed E-state index contributed by atoms with van der Waals surface area (Å²) in [6.07, 6.45) is -2.50. The average molecular weight is 395 g/mol. The van der Waals surface area contributed by atoms with Crippen molar-refractivity contribution < 1.29 is 22.7 Å². The summed E-state index contributed by atoms with van der Waals surface area (Å²) in [5.74, 6) is 0.102. The van der Waals surface area contributed by atoms with Crippen molar-refractivity contribution in [2.45, 2.75) is 32.0 Å². The van der Waals surface area contributed by atoms with E-state index in [9.17, 15) is 18.0 Å². The molecule has 1 aromatic carbocycles. The minimum atomic E-state index is -4.56. The van der Waals surface area contributed by atoms with Crippen LogP contribution >= 0.6 is 0 Å². The number of aryl methyl sites for hydroxylation is 1. The second-order valence-corrected chi connectivity index (χ2v) is 6.74. The van der Waals surface area contributed by atoms with Crippen molar-refractivity contribution in [3.8, 4) is 17.0 Å². The number of carbonyl (C=O) groups is 1. The molecule has 0 saturated carbocycles. The van der Waals surface area contributed by atoms with Crippen molar-refractivity contribution in [3.63, 3.8) is 0 Å². The number of aromatic nitrogens is 3. The predicted octanol–water partition coefficient (Wildman–Crippen LogP) is 2.91. The molecule has 7 nitrogen and oxygen atoms in total. The molecule has 0 unspecified atom stereocenters. The lowest BCUT2D eigenvalue weighted by atomic mass is 10.1. The predicted molar refractivity (Wildman–Crippen MR) is 95.8 cm³/mol. The highest BCUT2D eigenvalue weighted by molar-refractivity contribution is 5.71. The molecule has 150 valence electrons. The molecule has 0 bridgehead atoms. The summed E-state index contributed by atoms with van der Waals surface area (Å²) >= 11 is 0. The van der Waals surface area contributed by atoms with E-state index in [2.05, 4.69) is 25.4 Å². The first kappa shape index (κ1) is 20.0. The van der Waals surface area contributed by atoms with Crippen LogP contribution in [-0.2, 0) is 11.0 Å². The third kappa shape index (κ3) is 4.56. The van der Waals surface area contributed by atoms with Crippen LogP contribution < -0.4 is 10.1 Å². The van der Waals surface area contributed by atoms with Gasteiger partial charge >= 0.3 is 6.18 Å². The van der Waals surface area contributed by atoms with Crippen molar-refractivity contribution in [2.75, 3.05) is 25.5 Å². The molecule has 1 atom stereocenters. The number of hydrogen-bond acceptors (Lipinski definition) is 7. The molecule has 1 aliphatic rings. The van der Waals surface area contributed by atoms with E-state index in [1.165, 1.54) is 6.07 Å². The lowest BCUT2D eigenvalue weighted by Gasteiger charge is -2.30. The van der Waals surface area contributed by atoms with Crippen LogP contribution in [0.3, 0.4) is 0 Å². The Morgan fingerprint density at radius 3 is 2.75 bits per heavy atom. The van der Waals surface area contributed by atoms with Gasteiger partial charge in [0.05, 0.1) is 11.3 Å². The third-order valence-corrected chi connectivity index (χ3v) is 4.56. The Bertz CT molecular complexity index is 860. The van der Waals surface area contributed by atoms with E-state index in [0.717, 1.165) is 38.1 Å². The van der Waals surface area contributed by atoms with Gasteiger partial charge in [0.25, 0.3) is 6.47 Å². The van der Waals surface area contributed by atoms with Gasteiger partial charge in [-0.2, -0.15) is 13.2 Å². The number of carbonyl (C=O) groups excluding carboxylic acids is 1. The van der Waals surface area contributed by atoms with Crippen LogP contribution in [-0.4, -0.2) is 52.7 Å². The maximum Gasteiger partial charge on any atom is 0.416 e. The van der Waals surface area contributed by atoms with Gasteiger partial charge in [-0.25, -0.2) is 4.98 Å². The Morgan fingerprint density at radius 2 is 2.11 bits per heavy atom. The number of piperidine rings is 1. The number of likely N-dealkylation sites (N-methyl/N-ethyl adjacent to an activating group) is 1. The SMILES string of the molecule is Cc1nc(N[C@@H]2CCCN(C)C2)nnc1-c1ccc(C(F)(F)F)cc1OC=O. The summed E-state index contributed by atoms with van der Waals surface area (Å²) in [4.78, 5) is 17.3. The first-order chi connectivity index (χ1) is 13.3. The number of hydrogen-bond donors (Lipinski definition) is 1. The van der Waals surface area contributed by atoms with Crippen LogP contribution in [0, 0.1) is 6.92 Å². The number of anilines is 1. The minimum Gasteiger partial charge on any atom is -0.428 e. The monoisotopic (exact) mass is 395 g/mol. The molecule has 0 amide bonds. The van der Waals surface area contributed by atoms with Gasteiger partial charge in [-0.1, -0.05) is 0 Å². The van der Waals surface area contributed by atoms with Gasteiger partial charge in [-0.15, -0.1) is 10.2 Å². The van der Waals surface area contributed by atoms with E-state index < -0.39 is 11.7 Å². The molecular formula is C18H20F3N5O2. The Hall–Kier alpha value is -2.75. The number of benzene rings is 1. The lowest BCUT2D eigenvalue weighted by molar-refractivity contribution is -0.138. The second-order valence-electron chi connectivity index (χ2n) is 6.74. The number of alkyl halides is 3. The molecular weight excluding hydrogens is 375 g/mol. The van der Waals surface area contributed by atoms with Gasteiger partial charge < -0.3 is 15.0 Å². The van der Waals surface area contributed by atoms with Crippen molar-refractivity contribution >= 4 is 12.4 Å². The topological polar surface area (TPSA) is 80.2 Å². The van der Waals surface area contributed by atoms with Gasteiger partial charge in [0.15, 0.2) is 0 Å². The normalized spacial score (nSPS) is 18.0. The van der Waals surface area contributed by atoms with Gasteiger partial charge in [0.2, 0.25) is 5.95 Å². The first-order valence-electron chi connectivity index (χ1n) is 8.76. The zero-order valence-electron chi connectivity index (χ0n) is 15.5. The smallest absolute Gasteiger partial charge is 0.416 e. The third-order valence-electron chi connectivity index (χ3n) is 4.56. The fourth-order valence-electron chi connectivity index (χ4n) is 3.22. The molecule has 0 radical (unpaired) electrons. The standard InChI is InChI=1S/C18H20F3N5O2/c1-11-16(14-6-5-12(18(19,20)21)8-15(14)28-10-27)24-25-17(22-11)23-13-4-3-7-26(2)9-13/h5-6,8,10,13H,3-4,7,9H2,1-2H3,(H,22,23,25)/t13-/m1/s1. The zero-order valence-corrected chi connectivity index (χ0v) is 15.5. The number of rotatable bonds is 5. The highest BCUT2D eigenvalue weighted by atomic mass is 19.4. The fourth-order valence-corrected chi connectivity index (χ4v) is 3.22. The maximum atomic E-state index is 12.9. The fraction of sp³-hybridized carbons (Fsp3) is 0.444. The molecule has 0 aliphatic carbocycles. The molecule has 10 heteroatoms. The molecule has 3 rings (SSSR count). The van der Waals surface area contributed by atoms with Crippen molar-refractivity contribution in [3.05, 3.63) is 29.5 Å². The number of nitrogens with one attached hydrogen (secondary N) is 1. The Labute approximate surface area is 159 Å². The van der Waals surface area contributed by atoms with E-state index in [0.29, 0.717) is 11.6 Å². The summed E-state index contributed by atoms with van der Waals surface area (Å²) in [6, 6.07) is 3.06. The summed E-state index contributed by atoms with van der Waals surface area (Å²) in [5, 5.41) is 11.4. The Morgan fingerprint density at radius 1 is 1.32 bits per heavy atom. The molecule has 1 aliphatic heterocycles. The molecule has 1 fully saturated rings. The van der Waals surface area contributed by atoms with Crippen LogP contribution in [0.1, 0.15) is 24.1 Å². The highest BCUT2D eigenvalue weighted by Crippen LogP contribution is 2.37. The van der Waals surface area contributed by atoms with E-state index in [4.69, 9.17) is 4.74 Å². The average Bonchev–Trinajstić information content (AvgIpc) is 2.62. The summed E-state index contributed by atoms with van der Waals surface area (Å²) < 4.78 is 43.5. The van der Waals surface area contributed by atoms with E-state index in [1.807, 2.05) is 7.05 Å². The molecule has 2 heterocycles. The van der Waals surface area contributed by atoms with Crippen molar-refractivity contribution in [2.24, 2.45) is 0 Å². The Kier molecular flexibility index (Phi) is 5.78. The van der Waals surface area contributed by atoms with E-state index >= 15 is 0 Å². The maximum absolute atomic E-state index is 12.9. The van der Waals surface area contributed by atoms with E-state index in [1.54, 1.807) is 6.92 Å². The Balaban J connectivity index is 1.88. The minimum absolute atomic E-state index is 0.0741. The highest BCUT2D eigenvalue weighted by Gasteiger charge is 2.32. The number of ether oxygens (including phenoxy) is 1. The molecule has 1 saturated heterocycles. The number of likely N-dealkylation sites (tertiary alicyclic amines) is 1. The van der Waals surface area contributed by atoms with Gasteiger partial charge in [0, 0.05) is 18.2 Å². The van der Waals surface area contributed by atoms with Crippen LogP contribution in [0.5, 0.6) is 5.75 Å². The van der Waals surface area contributed by atoms with Crippen LogP contribution in [0.15, 0.2) is 18.2 Å². The largest absolute Gasteiger partial charge is 0.428 e. The van der Waals surface area contributed by atoms with Gasteiger partial charge in [-0.3, -0.25) is 4.79 Å². The van der Waals surface area contributed by atoms with Crippen LogP contribution in [0.25, 0.3) is 11.3 Å². The van der Waals surface area contributed by atoms with Crippen LogP contribution in [0.4, 0.5) is 19.1 Å². The molecule has 2 aromatic rings. The number of halogens is 3.